The van der Waals surface area contributed by atoms with Crippen molar-refractivity contribution in [1.29, 1.82) is 0 Å². The molecule has 0 aliphatic carbocycles. The maximum atomic E-state index is 13.2. The third kappa shape index (κ3) is 4.49. The number of fused-ring (bicyclic) bond motifs is 1. The van der Waals surface area contributed by atoms with Gasteiger partial charge >= 0.3 is 0 Å². The van der Waals surface area contributed by atoms with E-state index in [1.807, 2.05) is 0 Å². The predicted octanol–water partition coefficient (Wildman–Crippen LogP) is 3.16. The largest absolute Gasteiger partial charge is 0.489 e. The number of rotatable bonds is 5. The van der Waals surface area contributed by atoms with E-state index in [1.165, 1.54) is 35.2 Å². The van der Waals surface area contributed by atoms with Crippen LogP contribution in [0.3, 0.4) is 0 Å². The van der Waals surface area contributed by atoms with Crippen molar-refractivity contribution in [2.24, 2.45) is 5.73 Å². The Morgan fingerprint density at radius 2 is 1.85 bits per heavy atom. The smallest absolute Gasteiger partial charge is 0.258 e. The fourth-order valence-corrected chi connectivity index (χ4v) is 2.97. The van der Waals surface area contributed by atoms with Gasteiger partial charge in [0.25, 0.3) is 5.91 Å². The van der Waals surface area contributed by atoms with Crippen LogP contribution in [-0.4, -0.2) is 31.6 Å². The number of ether oxygens (including phenoxy) is 2. The van der Waals surface area contributed by atoms with Crippen molar-refractivity contribution >= 4 is 29.1 Å². The third-order valence-electron chi connectivity index (χ3n) is 4.01. The summed E-state index contributed by atoms with van der Waals surface area (Å²) in [4.78, 5) is 25.6. The maximum Gasteiger partial charge on any atom is 0.258 e. The molecule has 3 rings (SSSR count). The number of halogens is 2. The predicted molar refractivity (Wildman–Crippen MR) is 98.9 cm³/mol. The van der Waals surface area contributed by atoms with E-state index in [0.29, 0.717) is 36.8 Å². The molecular weight excluding hydrogens is 375 g/mol. The summed E-state index contributed by atoms with van der Waals surface area (Å²) in [6.07, 6.45) is 0.663. The number of nitrogens with two attached hydrogens (primary N) is 1. The van der Waals surface area contributed by atoms with E-state index in [4.69, 9.17) is 26.8 Å². The lowest BCUT2D eigenvalue weighted by molar-refractivity contribution is -0.117. The van der Waals surface area contributed by atoms with Crippen molar-refractivity contribution in [1.82, 2.24) is 0 Å². The number of hydrogen-bond acceptors (Lipinski definition) is 4. The molecule has 0 saturated heterocycles. The summed E-state index contributed by atoms with van der Waals surface area (Å²) in [6, 6.07) is 8.42. The first-order chi connectivity index (χ1) is 13.0. The van der Waals surface area contributed by atoms with Gasteiger partial charge in [0.1, 0.15) is 5.82 Å². The van der Waals surface area contributed by atoms with Crippen LogP contribution in [0.25, 0.3) is 0 Å². The van der Waals surface area contributed by atoms with Crippen LogP contribution in [0.1, 0.15) is 23.2 Å². The van der Waals surface area contributed by atoms with E-state index in [1.54, 1.807) is 6.07 Å². The van der Waals surface area contributed by atoms with Gasteiger partial charge in [-0.3, -0.25) is 9.59 Å². The first-order valence-electron chi connectivity index (χ1n) is 8.40. The second kappa shape index (κ2) is 8.26. The van der Waals surface area contributed by atoms with Gasteiger partial charge < -0.3 is 20.1 Å². The van der Waals surface area contributed by atoms with Crippen molar-refractivity contribution in [3.8, 4) is 11.5 Å². The summed E-state index contributed by atoms with van der Waals surface area (Å²) < 4.78 is 24.4. The fourth-order valence-electron chi connectivity index (χ4n) is 2.70. The molecule has 0 bridgehead atoms. The Kier molecular flexibility index (Phi) is 5.81. The first kappa shape index (κ1) is 19.0. The van der Waals surface area contributed by atoms with Gasteiger partial charge in [-0.1, -0.05) is 11.6 Å². The molecule has 0 saturated carbocycles. The average Bonchev–Trinajstić information content (AvgIpc) is 2.88. The number of hydrogen-bond donors (Lipinski definition) is 1. The summed E-state index contributed by atoms with van der Waals surface area (Å²) >= 11 is 6.26. The van der Waals surface area contributed by atoms with Gasteiger partial charge in [0.2, 0.25) is 5.91 Å². The van der Waals surface area contributed by atoms with Crippen molar-refractivity contribution in [2.75, 3.05) is 24.7 Å². The van der Waals surface area contributed by atoms with Gasteiger partial charge in [-0.25, -0.2) is 4.39 Å². The summed E-state index contributed by atoms with van der Waals surface area (Å²) in [5, 5.41) is 0.256. The Morgan fingerprint density at radius 3 is 2.56 bits per heavy atom. The molecule has 0 aromatic heterocycles. The van der Waals surface area contributed by atoms with Crippen LogP contribution in [0.2, 0.25) is 5.02 Å². The highest BCUT2D eigenvalue weighted by molar-refractivity contribution is 6.32. The van der Waals surface area contributed by atoms with Crippen LogP contribution >= 0.6 is 11.6 Å². The molecule has 2 N–H and O–H groups in total. The third-order valence-corrected chi connectivity index (χ3v) is 4.30. The second-order valence-electron chi connectivity index (χ2n) is 5.99. The fraction of sp³-hybridized carbons (Fsp3) is 0.263. The van der Waals surface area contributed by atoms with Gasteiger partial charge in [-0.2, -0.15) is 0 Å². The lowest BCUT2D eigenvalue weighted by atomic mass is 10.1. The molecule has 2 aromatic carbocycles. The highest BCUT2D eigenvalue weighted by Crippen LogP contribution is 2.38. The van der Waals surface area contributed by atoms with Gasteiger partial charge in [-0.15, -0.1) is 0 Å². The number of primary amides is 1. The van der Waals surface area contributed by atoms with Crippen LogP contribution in [-0.2, 0) is 4.79 Å². The van der Waals surface area contributed by atoms with E-state index in [-0.39, 0.29) is 23.6 Å². The summed E-state index contributed by atoms with van der Waals surface area (Å²) in [7, 11) is 0. The second-order valence-corrected chi connectivity index (χ2v) is 6.39. The molecule has 27 heavy (non-hydrogen) atoms. The monoisotopic (exact) mass is 392 g/mol. The highest BCUT2D eigenvalue weighted by atomic mass is 35.5. The van der Waals surface area contributed by atoms with Gasteiger partial charge in [0.05, 0.1) is 18.2 Å². The Balaban J connectivity index is 1.95. The zero-order valence-electron chi connectivity index (χ0n) is 14.4. The highest BCUT2D eigenvalue weighted by Gasteiger charge is 2.23. The molecule has 1 aliphatic heterocycles. The van der Waals surface area contributed by atoms with E-state index in [0.717, 1.165) is 0 Å². The number of benzene rings is 2. The standard InChI is InChI=1S/C19H18ClFN2O4/c20-15-10-12(11-16-18(15)27-9-1-8-26-16)19(25)23(7-6-17(22)24)14-4-2-13(21)3-5-14/h2-5,10-11H,1,6-9H2,(H2,22,24). The number of anilines is 1. The Hall–Kier alpha value is -2.80. The lowest BCUT2D eigenvalue weighted by Crippen LogP contribution is -2.34. The van der Waals surface area contributed by atoms with Crippen LogP contribution in [0.5, 0.6) is 11.5 Å². The molecule has 0 unspecified atom stereocenters. The van der Waals surface area contributed by atoms with Crippen LogP contribution in [0.15, 0.2) is 36.4 Å². The molecular formula is C19H18ClFN2O4. The summed E-state index contributed by atoms with van der Waals surface area (Å²) in [6.45, 7) is 0.969. The van der Waals surface area contributed by atoms with Gasteiger partial charge in [0, 0.05) is 30.6 Å². The van der Waals surface area contributed by atoms with Crippen molar-refractivity contribution in [2.45, 2.75) is 12.8 Å². The molecule has 2 aromatic rings. The van der Waals surface area contributed by atoms with E-state index in [2.05, 4.69) is 0 Å². The molecule has 0 spiro atoms. The van der Waals surface area contributed by atoms with Gasteiger partial charge in [-0.05, 0) is 36.4 Å². The quantitative estimate of drug-likeness (QED) is 0.847. The summed E-state index contributed by atoms with van der Waals surface area (Å²) in [5.74, 6) is -0.611. The Bertz CT molecular complexity index is 858. The van der Waals surface area contributed by atoms with E-state index in [9.17, 15) is 14.0 Å². The molecule has 1 heterocycles. The molecule has 0 fully saturated rings. The van der Waals surface area contributed by atoms with Crippen molar-refractivity contribution in [3.63, 3.8) is 0 Å². The van der Waals surface area contributed by atoms with Crippen LogP contribution in [0.4, 0.5) is 10.1 Å². The SMILES string of the molecule is NC(=O)CCN(C(=O)c1cc(Cl)c2c(c1)OCCCO2)c1ccc(F)cc1. The molecule has 1 aliphatic rings. The van der Waals surface area contributed by atoms with E-state index >= 15 is 0 Å². The minimum atomic E-state index is -0.549. The average molecular weight is 393 g/mol. The molecule has 8 heteroatoms. The number of carbonyl (C=O) groups is 2. The minimum Gasteiger partial charge on any atom is -0.489 e. The minimum absolute atomic E-state index is 0.0403. The number of carbonyl (C=O) groups excluding carboxylic acids is 2. The Labute approximate surface area is 160 Å². The van der Waals surface area contributed by atoms with Crippen LogP contribution in [0, 0.1) is 5.82 Å². The topological polar surface area (TPSA) is 81.9 Å². The number of nitrogens with zero attached hydrogens (tertiary/aromatic N) is 1. The van der Waals surface area contributed by atoms with Crippen molar-refractivity contribution < 1.29 is 23.5 Å². The molecule has 0 atom stereocenters. The molecule has 0 radical (unpaired) electrons. The number of amides is 2. The Morgan fingerprint density at radius 1 is 1.15 bits per heavy atom. The van der Waals surface area contributed by atoms with Crippen molar-refractivity contribution in [3.05, 3.63) is 52.8 Å². The zero-order valence-corrected chi connectivity index (χ0v) is 15.2. The lowest BCUT2D eigenvalue weighted by Gasteiger charge is -2.23. The summed E-state index contributed by atoms with van der Waals surface area (Å²) in [5.41, 5.74) is 5.92. The molecule has 2 amide bonds. The molecule has 142 valence electrons. The van der Waals surface area contributed by atoms with Gasteiger partial charge in [0.15, 0.2) is 11.5 Å². The normalized spacial score (nSPS) is 13.0. The molecule has 6 nitrogen and oxygen atoms in total. The van der Waals surface area contributed by atoms with E-state index < -0.39 is 17.6 Å². The van der Waals surface area contributed by atoms with Crippen LogP contribution < -0.4 is 20.1 Å². The maximum absolute atomic E-state index is 13.2. The first-order valence-corrected chi connectivity index (χ1v) is 8.78. The zero-order chi connectivity index (χ0) is 19.4.